The predicted molar refractivity (Wildman–Crippen MR) is 181 cm³/mol. The molecule has 2 aliphatic heterocycles. The summed E-state index contributed by atoms with van der Waals surface area (Å²) in [6.07, 6.45) is 7.84. The van der Waals surface area contributed by atoms with Gasteiger partial charge in [0.15, 0.2) is 0 Å². The van der Waals surface area contributed by atoms with Crippen LogP contribution in [0.3, 0.4) is 0 Å². The maximum Gasteiger partial charge on any atom is 0.146 e. The summed E-state index contributed by atoms with van der Waals surface area (Å²) in [5, 5.41) is 2.13. The first kappa shape index (κ1) is 27.2. The van der Waals surface area contributed by atoms with Crippen LogP contribution in [0.2, 0.25) is 0 Å². The van der Waals surface area contributed by atoms with E-state index in [1.807, 2.05) is 30.6 Å². The summed E-state index contributed by atoms with van der Waals surface area (Å²) in [6, 6.07) is 31.5. The Morgan fingerprint density at radius 2 is 1.38 bits per heavy atom. The van der Waals surface area contributed by atoms with Crippen LogP contribution in [0.4, 0.5) is 17.1 Å². The summed E-state index contributed by atoms with van der Waals surface area (Å²) in [5.74, 6) is 1.51. The molecule has 3 aromatic heterocycles. The van der Waals surface area contributed by atoms with Gasteiger partial charge in [-0.2, -0.15) is 0 Å². The summed E-state index contributed by atoms with van der Waals surface area (Å²) in [5.41, 5.74) is 7.23. The van der Waals surface area contributed by atoms with E-state index in [1.165, 1.54) is 11.3 Å². The minimum Gasteiger partial charge on any atom is -0.457 e. The largest absolute Gasteiger partial charge is 0.457 e. The van der Waals surface area contributed by atoms with Gasteiger partial charge in [-0.15, -0.1) is 0 Å². The fourth-order valence-electron chi connectivity index (χ4n) is 6.50. The van der Waals surface area contributed by atoms with E-state index in [-0.39, 0.29) is 5.54 Å². The van der Waals surface area contributed by atoms with Crippen LogP contribution in [-0.2, 0) is 5.54 Å². The molecule has 0 saturated carbocycles. The Hall–Kier alpha value is -5.34. The Balaban J connectivity index is 1.22. The van der Waals surface area contributed by atoms with Gasteiger partial charge in [0.25, 0.3) is 0 Å². The van der Waals surface area contributed by atoms with E-state index in [9.17, 15) is 0 Å². The molecule has 224 valence electrons. The molecule has 0 saturated heterocycles. The number of aromatic nitrogens is 3. The molecule has 0 atom stereocenters. The molecule has 3 aromatic carbocycles. The number of hydrogen-bond donors (Lipinski definition) is 0. The van der Waals surface area contributed by atoms with E-state index in [0.717, 1.165) is 64.0 Å². The van der Waals surface area contributed by atoms with Crippen LogP contribution in [0.1, 0.15) is 19.4 Å². The summed E-state index contributed by atoms with van der Waals surface area (Å²) < 4.78 is 8.82. The molecule has 0 unspecified atom stereocenters. The van der Waals surface area contributed by atoms with Crippen molar-refractivity contribution in [3.05, 3.63) is 121 Å². The lowest BCUT2D eigenvalue weighted by Crippen LogP contribution is -2.49. The molecular weight excluding hydrogens is 558 g/mol. The van der Waals surface area contributed by atoms with Gasteiger partial charge < -0.3 is 19.4 Å². The first-order valence-corrected chi connectivity index (χ1v) is 15.2. The van der Waals surface area contributed by atoms with Crippen molar-refractivity contribution in [1.29, 1.82) is 0 Å². The zero-order valence-electron chi connectivity index (χ0n) is 25.9. The van der Waals surface area contributed by atoms with E-state index in [0.29, 0.717) is 0 Å². The second kappa shape index (κ2) is 10.4. The van der Waals surface area contributed by atoms with E-state index in [2.05, 4.69) is 137 Å². The number of fused-ring (bicyclic) bond motifs is 4. The average molecular weight is 594 g/mol. The Kier molecular flexibility index (Phi) is 6.28. The van der Waals surface area contributed by atoms with Crippen molar-refractivity contribution in [2.24, 2.45) is 0 Å². The highest BCUT2D eigenvalue weighted by atomic mass is 16.5. The third-order valence-corrected chi connectivity index (χ3v) is 9.16. The molecule has 0 aliphatic carbocycles. The molecule has 8 nitrogen and oxygen atoms in total. The molecule has 0 N–H and O–H groups in total. The molecule has 2 aliphatic rings. The van der Waals surface area contributed by atoms with Crippen LogP contribution in [0, 0.1) is 0 Å². The van der Waals surface area contributed by atoms with Gasteiger partial charge >= 0.3 is 0 Å². The number of pyridine rings is 2. The predicted octanol–water partition coefficient (Wildman–Crippen LogP) is 7.82. The van der Waals surface area contributed by atoms with Crippen LogP contribution in [0.15, 0.2) is 116 Å². The molecular formula is C37H35N7O. The highest BCUT2D eigenvalue weighted by molar-refractivity contribution is 6.06. The summed E-state index contributed by atoms with van der Waals surface area (Å²) in [4.78, 5) is 18.7. The molecule has 45 heavy (non-hydrogen) atoms. The van der Waals surface area contributed by atoms with Gasteiger partial charge in [-0.3, -0.25) is 9.47 Å². The van der Waals surface area contributed by atoms with Crippen molar-refractivity contribution in [2.75, 3.05) is 37.2 Å². The van der Waals surface area contributed by atoms with Crippen molar-refractivity contribution < 1.29 is 4.74 Å². The molecule has 6 aromatic rings. The number of rotatable bonds is 5. The first-order valence-electron chi connectivity index (χ1n) is 15.2. The molecule has 0 amide bonds. The van der Waals surface area contributed by atoms with Gasteiger partial charge in [-0.25, -0.2) is 9.97 Å². The minimum atomic E-state index is -0.0628. The quantitative estimate of drug-likeness (QED) is 0.202. The van der Waals surface area contributed by atoms with Crippen LogP contribution in [0.25, 0.3) is 27.8 Å². The second-order valence-electron chi connectivity index (χ2n) is 12.4. The van der Waals surface area contributed by atoms with Gasteiger partial charge in [0.2, 0.25) is 0 Å². The van der Waals surface area contributed by atoms with Gasteiger partial charge in [0.1, 0.15) is 22.8 Å². The maximum atomic E-state index is 6.70. The van der Waals surface area contributed by atoms with E-state index in [4.69, 9.17) is 14.7 Å². The molecule has 8 rings (SSSR count). The van der Waals surface area contributed by atoms with Crippen molar-refractivity contribution in [1.82, 2.24) is 24.3 Å². The number of para-hydroxylation sites is 1. The standard InChI is InChI=1S/C37H35N7O/c1-37(2)33-14-5-6-15-34(33)43(25-41(37)4)26-10-7-11-29(21-26)45-30-22-27(42-19-18-40(3)24-42)20-28(23-30)44-35-31(12-8-16-38-35)32-13-9-17-39-36(32)44/h5-23H,24-25H2,1-4H3. The monoisotopic (exact) mass is 593 g/mol. The summed E-state index contributed by atoms with van der Waals surface area (Å²) in [6.45, 7) is 6.08. The highest BCUT2D eigenvalue weighted by Crippen LogP contribution is 2.43. The summed E-state index contributed by atoms with van der Waals surface area (Å²) >= 11 is 0. The number of benzene rings is 3. The van der Waals surface area contributed by atoms with Gasteiger partial charge in [-0.1, -0.05) is 24.3 Å². The zero-order chi connectivity index (χ0) is 30.7. The van der Waals surface area contributed by atoms with Crippen molar-refractivity contribution >= 4 is 39.1 Å². The minimum absolute atomic E-state index is 0.0628. The van der Waals surface area contributed by atoms with E-state index < -0.39 is 0 Å². The molecule has 5 heterocycles. The van der Waals surface area contributed by atoms with E-state index in [1.54, 1.807) is 0 Å². The number of anilines is 3. The summed E-state index contributed by atoms with van der Waals surface area (Å²) in [7, 11) is 4.25. The first-order chi connectivity index (χ1) is 21.9. The molecule has 0 radical (unpaired) electrons. The third-order valence-electron chi connectivity index (χ3n) is 9.16. The highest BCUT2D eigenvalue weighted by Gasteiger charge is 2.35. The molecule has 0 bridgehead atoms. The van der Waals surface area contributed by atoms with Crippen molar-refractivity contribution in [2.45, 2.75) is 19.4 Å². The van der Waals surface area contributed by atoms with E-state index >= 15 is 0 Å². The molecule has 0 spiro atoms. The van der Waals surface area contributed by atoms with Crippen LogP contribution < -0.4 is 14.5 Å². The zero-order valence-corrected chi connectivity index (χ0v) is 25.9. The number of ether oxygens (including phenoxy) is 1. The Bertz CT molecular complexity index is 2050. The lowest BCUT2D eigenvalue weighted by Gasteiger charge is -2.47. The Morgan fingerprint density at radius 1 is 0.667 bits per heavy atom. The molecule has 8 heteroatoms. The van der Waals surface area contributed by atoms with Crippen LogP contribution in [0.5, 0.6) is 11.5 Å². The van der Waals surface area contributed by atoms with Crippen LogP contribution in [-0.4, -0.2) is 51.8 Å². The maximum absolute atomic E-state index is 6.70. The van der Waals surface area contributed by atoms with Crippen molar-refractivity contribution in [3.8, 4) is 17.2 Å². The van der Waals surface area contributed by atoms with Gasteiger partial charge in [0.05, 0.1) is 19.0 Å². The Labute approximate surface area is 263 Å². The average Bonchev–Trinajstić information content (AvgIpc) is 3.64. The smallest absolute Gasteiger partial charge is 0.146 e. The van der Waals surface area contributed by atoms with Gasteiger partial charge in [-0.05, 0) is 75.0 Å². The normalized spacial score (nSPS) is 16.1. The topological polar surface area (TPSA) is 52.9 Å². The SMILES string of the molecule is CN1C=CN(c2cc(Oc3cccc(N4CN(C)C(C)(C)c5ccccc54)c3)cc(-n3c4ncccc4c4cccnc43)c2)C1. The Morgan fingerprint density at radius 3 is 2.11 bits per heavy atom. The molecule has 0 fully saturated rings. The lowest BCUT2D eigenvalue weighted by molar-refractivity contribution is 0.150. The van der Waals surface area contributed by atoms with Crippen LogP contribution >= 0.6 is 0 Å². The van der Waals surface area contributed by atoms with Crippen molar-refractivity contribution in [3.63, 3.8) is 0 Å². The fraction of sp³-hybridized carbons (Fsp3) is 0.189. The lowest BCUT2D eigenvalue weighted by atomic mass is 9.88. The van der Waals surface area contributed by atoms with Gasteiger partial charge in [0, 0.05) is 83.4 Å². The number of hydrogen-bond acceptors (Lipinski definition) is 7. The fourth-order valence-corrected chi connectivity index (χ4v) is 6.50. The third kappa shape index (κ3) is 4.57. The second-order valence-corrected chi connectivity index (χ2v) is 12.4. The number of nitrogens with zero attached hydrogens (tertiary/aromatic N) is 7.